The average Bonchev–Trinajstić information content (AvgIpc) is 2.72. The van der Waals surface area contributed by atoms with E-state index in [1.807, 2.05) is 18.2 Å². The van der Waals surface area contributed by atoms with Gasteiger partial charge in [0.1, 0.15) is 0 Å². The molecule has 1 aromatic carbocycles. The molecule has 0 aliphatic rings. The fourth-order valence-corrected chi connectivity index (χ4v) is 1.73. The second kappa shape index (κ2) is 4.80. The van der Waals surface area contributed by atoms with Gasteiger partial charge in [-0.25, -0.2) is 0 Å². The molecule has 0 saturated carbocycles. The lowest BCUT2D eigenvalue weighted by Gasteiger charge is -2.17. The van der Waals surface area contributed by atoms with E-state index in [4.69, 9.17) is 0 Å². The van der Waals surface area contributed by atoms with E-state index in [1.54, 1.807) is 6.20 Å². The Hall–Kier alpha value is -1.84. The van der Waals surface area contributed by atoms with Gasteiger partial charge >= 0.3 is 0 Å². The predicted octanol–water partition coefficient (Wildman–Crippen LogP) is 3.82. The van der Waals surface area contributed by atoms with Crippen LogP contribution in [0.3, 0.4) is 0 Å². The van der Waals surface area contributed by atoms with Crippen molar-refractivity contribution < 1.29 is 7.65 Å². The molecule has 0 radical (unpaired) electrons. The Morgan fingerprint density at radius 2 is 2.22 bits per heavy atom. The van der Waals surface area contributed by atoms with Gasteiger partial charge in [0, 0.05) is 20.3 Å². The minimum absolute atomic E-state index is 0. The molecule has 100 valence electrons. The third-order valence-electron chi connectivity index (χ3n) is 2.83. The van der Waals surface area contributed by atoms with Crippen LogP contribution in [0.5, 0.6) is 0 Å². The molecule has 0 aliphatic carbocycles. The molecular formula is C14H23N3O. The van der Waals surface area contributed by atoms with Gasteiger partial charge in [-0.1, -0.05) is 20.8 Å². The zero-order valence-corrected chi connectivity index (χ0v) is 11.1. The Morgan fingerprint density at radius 1 is 1.44 bits per heavy atom. The van der Waals surface area contributed by atoms with Gasteiger partial charge in [-0.2, -0.15) is 5.10 Å². The number of amides is 1. The van der Waals surface area contributed by atoms with Gasteiger partial charge in [0.25, 0.3) is 0 Å². The minimum atomic E-state index is 0. The van der Waals surface area contributed by atoms with Gasteiger partial charge in [0.15, 0.2) is 0 Å². The van der Waals surface area contributed by atoms with E-state index in [1.165, 1.54) is 0 Å². The predicted molar refractivity (Wildman–Crippen MR) is 77.6 cm³/mol. The van der Waals surface area contributed by atoms with Crippen LogP contribution in [-0.4, -0.2) is 16.1 Å². The summed E-state index contributed by atoms with van der Waals surface area (Å²) in [5, 5.41) is 10.8. The minimum Gasteiger partial charge on any atom is -0.326 e. The number of rotatable bonds is 3. The molecule has 2 N–H and O–H groups in total. The largest absolute Gasteiger partial charge is 0.326 e. The normalized spacial score (nSPS) is 11.7. The zero-order chi connectivity index (χ0) is 13.2. The van der Waals surface area contributed by atoms with E-state index >= 15 is 0 Å². The van der Waals surface area contributed by atoms with E-state index in [9.17, 15) is 4.79 Å². The van der Waals surface area contributed by atoms with Gasteiger partial charge in [0.05, 0.1) is 11.7 Å². The summed E-state index contributed by atoms with van der Waals surface area (Å²) in [6, 6.07) is 5.73. The summed E-state index contributed by atoms with van der Waals surface area (Å²) in [6.45, 7) is 6.41. The molecule has 4 heteroatoms. The third kappa shape index (κ3) is 3.32. The number of benzene rings is 1. The van der Waals surface area contributed by atoms with Crippen molar-refractivity contribution >= 4 is 22.5 Å². The first-order valence-corrected chi connectivity index (χ1v) is 6.17. The van der Waals surface area contributed by atoms with Crippen molar-refractivity contribution in [2.75, 3.05) is 5.32 Å². The number of nitrogens with one attached hydrogen (secondary N) is 2. The average molecular weight is 249 g/mol. The molecule has 2 aromatic rings. The number of nitrogens with zero attached hydrogens (tertiary/aromatic N) is 1. The maximum atomic E-state index is 11.8. The number of aromatic nitrogens is 2. The molecule has 1 aromatic heterocycles. The summed E-state index contributed by atoms with van der Waals surface area (Å²) in [4.78, 5) is 11.8. The highest BCUT2D eigenvalue weighted by atomic mass is 16.1. The summed E-state index contributed by atoms with van der Waals surface area (Å²) in [7, 11) is 0. The van der Waals surface area contributed by atoms with Crippen LogP contribution >= 0.6 is 0 Å². The fraction of sp³-hybridized carbons (Fsp3) is 0.429. The van der Waals surface area contributed by atoms with E-state index in [2.05, 4.69) is 36.3 Å². The Kier molecular flexibility index (Phi) is 3.36. The lowest BCUT2D eigenvalue weighted by molar-refractivity contribution is -0.116. The van der Waals surface area contributed by atoms with Crippen molar-refractivity contribution in [1.82, 2.24) is 10.2 Å². The molecule has 1 heterocycles. The Bertz CT molecular complexity index is 561. The molecule has 0 fully saturated rings. The van der Waals surface area contributed by atoms with Crippen LogP contribution in [0.15, 0.2) is 24.4 Å². The fourth-order valence-electron chi connectivity index (χ4n) is 1.73. The number of hydrogen-bond acceptors (Lipinski definition) is 2. The van der Waals surface area contributed by atoms with Gasteiger partial charge in [0.2, 0.25) is 5.91 Å². The molecule has 0 spiro atoms. The van der Waals surface area contributed by atoms with E-state index in [0.29, 0.717) is 6.42 Å². The monoisotopic (exact) mass is 249 g/mol. The van der Waals surface area contributed by atoms with Crippen LogP contribution in [0, 0.1) is 5.41 Å². The molecule has 0 saturated heterocycles. The van der Waals surface area contributed by atoms with Gasteiger partial charge in [-0.15, -0.1) is 0 Å². The van der Waals surface area contributed by atoms with Crippen molar-refractivity contribution in [2.24, 2.45) is 5.41 Å². The second-order valence-electron chi connectivity index (χ2n) is 5.78. The topological polar surface area (TPSA) is 57.8 Å². The van der Waals surface area contributed by atoms with Crippen LogP contribution in [-0.2, 0) is 4.79 Å². The molecule has 4 nitrogen and oxygen atoms in total. The van der Waals surface area contributed by atoms with E-state index in [-0.39, 0.29) is 14.2 Å². The lowest BCUT2D eigenvalue weighted by atomic mass is 9.90. The SMILES string of the molecule is CC(C)(C)CCC(=O)Nc1ccc2[nH]ncc2c1.[HH].[HH]. The lowest BCUT2D eigenvalue weighted by Crippen LogP contribution is -2.15. The Labute approximate surface area is 110 Å². The highest BCUT2D eigenvalue weighted by Gasteiger charge is 2.13. The molecule has 0 bridgehead atoms. The van der Waals surface area contributed by atoms with Crippen LogP contribution in [0.25, 0.3) is 10.9 Å². The van der Waals surface area contributed by atoms with Crippen molar-refractivity contribution in [3.8, 4) is 0 Å². The standard InChI is InChI=1S/C14H19N3O.2H2/c1-14(2,3)7-6-13(18)16-11-4-5-12-10(8-11)9-15-17-12;;/h4-5,8-9H,6-7H2,1-3H3,(H,15,17)(H,16,18);2*1H. The Balaban J connectivity index is 0.00000180. The third-order valence-corrected chi connectivity index (χ3v) is 2.83. The van der Waals surface area contributed by atoms with Crippen molar-refractivity contribution in [2.45, 2.75) is 33.6 Å². The summed E-state index contributed by atoms with van der Waals surface area (Å²) < 4.78 is 0. The maximum Gasteiger partial charge on any atom is 0.224 e. The number of fused-ring (bicyclic) bond motifs is 1. The summed E-state index contributed by atoms with van der Waals surface area (Å²) in [5.41, 5.74) is 1.98. The number of carbonyl (C=O) groups excluding carboxylic acids is 1. The first-order chi connectivity index (χ1) is 8.44. The van der Waals surface area contributed by atoms with Crippen LogP contribution in [0.4, 0.5) is 5.69 Å². The molecule has 1 amide bonds. The van der Waals surface area contributed by atoms with E-state index < -0.39 is 0 Å². The van der Waals surface area contributed by atoms with Crippen molar-refractivity contribution in [3.63, 3.8) is 0 Å². The number of anilines is 1. The molecule has 0 atom stereocenters. The molecule has 2 rings (SSSR count). The summed E-state index contributed by atoms with van der Waals surface area (Å²) in [5.74, 6) is 0.0627. The maximum absolute atomic E-state index is 11.8. The van der Waals surface area contributed by atoms with Crippen molar-refractivity contribution in [3.05, 3.63) is 24.4 Å². The molecule has 0 aliphatic heterocycles. The summed E-state index contributed by atoms with van der Waals surface area (Å²) >= 11 is 0. The molecule has 0 unspecified atom stereocenters. The van der Waals surface area contributed by atoms with Gasteiger partial charge in [-0.3, -0.25) is 9.89 Å². The highest BCUT2D eigenvalue weighted by molar-refractivity contribution is 5.93. The zero-order valence-electron chi connectivity index (χ0n) is 11.1. The molecular weight excluding hydrogens is 226 g/mol. The smallest absolute Gasteiger partial charge is 0.224 e. The number of aromatic amines is 1. The van der Waals surface area contributed by atoms with Gasteiger partial charge in [-0.05, 0) is 30.0 Å². The Morgan fingerprint density at radius 3 is 2.94 bits per heavy atom. The first-order valence-electron chi connectivity index (χ1n) is 6.17. The van der Waals surface area contributed by atoms with Crippen molar-refractivity contribution in [1.29, 1.82) is 0 Å². The first kappa shape index (κ1) is 12.6. The van der Waals surface area contributed by atoms with Gasteiger partial charge < -0.3 is 5.32 Å². The second-order valence-corrected chi connectivity index (χ2v) is 5.78. The van der Waals surface area contributed by atoms with Crippen LogP contribution < -0.4 is 5.32 Å². The highest BCUT2D eigenvalue weighted by Crippen LogP contribution is 2.21. The quantitative estimate of drug-likeness (QED) is 0.868. The number of carbonyl (C=O) groups is 1. The summed E-state index contributed by atoms with van der Waals surface area (Å²) in [6.07, 6.45) is 3.18. The molecule has 18 heavy (non-hydrogen) atoms. The van der Waals surface area contributed by atoms with Crippen LogP contribution in [0.2, 0.25) is 0 Å². The van der Waals surface area contributed by atoms with Crippen LogP contribution in [0.1, 0.15) is 36.5 Å². The number of H-pyrrole nitrogens is 1. The van der Waals surface area contributed by atoms with E-state index in [0.717, 1.165) is 23.0 Å². The number of hydrogen-bond donors (Lipinski definition) is 2.